The van der Waals surface area contributed by atoms with Crippen molar-refractivity contribution in [3.63, 3.8) is 0 Å². The minimum Gasteiger partial charge on any atom is -0.489 e. The maximum absolute atomic E-state index is 13.4. The van der Waals surface area contributed by atoms with Crippen molar-refractivity contribution in [2.45, 2.75) is 6.18 Å². The molecule has 0 atom stereocenters. The SMILES string of the molecule is Fc1cc(OCC=C(Cl)Cl)cc(C(F)(F)F)c1OS. The molecule has 0 aromatic heterocycles. The highest BCUT2D eigenvalue weighted by Gasteiger charge is 2.36. The first kappa shape index (κ1) is 16.3. The summed E-state index contributed by atoms with van der Waals surface area (Å²) in [5.41, 5.74) is -1.33. The van der Waals surface area contributed by atoms with E-state index in [4.69, 9.17) is 27.9 Å². The highest BCUT2D eigenvalue weighted by atomic mass is 35.5. The lowest BCUT2D eigenvalue weighted by Gasteiger charge is -2.13. The molecule has 106 valence electrons. The average molecular weight is 337 g/mol. The molecule has 0 aliphatic rings. The minimum absolute atomic E-state index is 0.119. The normalized spacial score (nSPS) is 11.1. The number of benzene rings is 1. The molecular formula is C10H6Cl2F4O2S. The zero-order valence-corrected chi connectivity index (χ0v) is 11.4. The minimum atomic E-state index is -4.81. The Kier molecular flexibility index (Phi) is 5.64. The van der Waals surface area contributed by atoms with Crippen molar-refractivity contribution in [2.24, 2.45) is 0 Å². The van der Waals surface area contributed by atoms with Gasteiger partial charge in [0.05, 0.1) is 0 Å². The van der Waals surface area contributed by atoms with Crippen molar-refractivity contribution in [3.8, 4) is 11.5 Å². The second-order valence-corrected chi connectivity index (χ2v) is 4.37. The predicted molar refractivity (Wildman–Crippen MR) is 66.3 cm³/mol. The number of ether oxygens (including phenoxy) is 1. The maximum Gasteiger partial charge on any atom is 0.420 e. The lowest BCUT2D eigenvalue weighted by atomic mass is 10.1. The summed E-state index contributed by atoms with van der Waals surface area (Å²) in [7, 11) is 0. The maximum atomic E-state index is 13.4. The smallest absolute Gasteiger partial charge is 0.420 e. The van der Waals surface area contributed by atoms with Gasteiger partial charge >= 0.3 is 6.18 Å². The van der Waals surface area contributed by atoms with Gasteiger partial charge in [-0.3, -0.25) is 0 Å². The van der Waals surface area contributed by atoms with Crippen molar-refractivity contribution in [2.75, 3.05) is 6.61 Å². The highest BCUT2D eigenvalue weighted by molar-refractivity contribution is 7.75. The monoisotopic (exact) mass is 336 g/mol. The number of hydrogen-bond acceptors (Lipinski definition) is 3. The van der Waals surface area contributed by atoms with Crippen molar-refractivity contribution in [3.05, 3.63) is 34.1 Å². The number of halogens is 6. The van der Waals surface area contributed by atoms with E-state index in [0.717, 1.165) is 6.07 Å². The first-order valence-electron chi connectivity index (χ1n) is 4.62. The molecule has 0 fully saturated rings. The molecule has 19 heavy (non-hydrogen) atoms. The summed E-state index contributed by atoms with van der Waals surface area (Å²) in [6, 6.07) is 1.32. The summed E-state index contributed by atoms with van der Waals surface area (Å²) >= 11 is 13.8. The summed E-state index contributed by atoms with van der Waals surface area (Å²) in [5, 5.41) is 0. The van der Waals surface area contributed by atoms with Gasteiger partial charge in [0.15, 0.2) is 11.6 Å². The van der Waals surface area contributed by atoms with Crippen LogP contribution in [0.2, 0.25) is 0 Å². The summed E-state index contributed by atoms with van der Waals surface area (Å²) in [4.78, 5) is 0. The van der Waals surface area contributed by atoms with Gasteiger partial charge in [-0.15, -0.1) is 0 Å². The summed E-state index contributed by atoms with van der Waals surface area (Å²) in [5.74, 6) is -2.61. The van der Waals surface area contributed by atoms with Crippen LogP contribution in [0.4, 0.5) is 17.6 Å². The predicted octanol–water partition coefficient (Wildman–Crippen LogP) is 4.77. The lowest BCUT2D eigenvalue weighted by Crippen LogP contribution is -2.09. The quantitative estimate of drug-likeness (QED) is 0.485. The van der Waals surface area contributed by atoms with E-state index in [1.165, 1.54) is 6.08 Å². The molecule has 0 radical (unpaired) electrons. The third-order valence-corrected chi connectivity index (χ3v) is 2.39. The Bertz CT molecular complexity index is 487. The molecule has 9 heteroatoms. The fourth-order valence-corrected chi connectivity index (χ4v) is 1.47. The van der Waals surface area contributed by atoms with Gasteiger partial charge < -0.3 is 8.92 Å². The molecule has 0 bridgehead atoms. The first-order valence-corrected chi connectivity index (χ1v) is 5.74. The molecule has 0 aliphatic carbocycles. The van der Waals surface area contributed by atoms with Crippen LogP contribution in [0.3, 0.4) is 0 Å². The van der Waals surface area contributed by atoms with Gasteiger partial charge in [0.2, 0.25) is 0 Å². The molecule has 0 saturated carbocycles. The molecule has 0 heterocycles. The number of alkyl halides is 3. The average Bonchev–Trinajstić information content (AvgIpc) is 2.26. The Morgan fingerprint density at radius 2 is 1.95 bits per heavy atom. The van der Waals surface area contributed by atoms with E-state index >= 15 is 0 Å². The van der Waals surface area contributed by atoms with Crippen molar-refractivity contribution < 1.29 is 26.5 Å². The van der Waals surface area contributed by atoms with Crippen LogP contribution in [0.15, 0.2) is 22.7 Å². The number of thiol groups is 1. The number of rotatable bonds is 4. The molecule has 2 nitrogen and oxygen atoms in total. The van der Waals surface area contributed by atoms with E-state index in [1.54, 1.807) is 0 Å². The molecule has 0 saturated heterocycles. The van der Waals surface area contributed by atoms with Crippen LogP contribution < -0.4 is 8.92 Å². The first-order chi connectivity index (χ1) is 8.75. The van der Waals surface area contributed by atoms with E-state index in [2.05, 4.69) is 17.1 Å². The van der Waals surface area contributed by atoms with Gasteiger partial charge in [0, 0.05) is 19.0 Å². The fourth-order valence-electron chi connectivity index (χ4n) is 1.16. The van der Waals surface area contributed by atoms with Gasteiger partial charge in [0.25, 0.3) is 0 Å². The van der Waals surface area contributed by atoms with Gasteiger partial charge in [-0.25, -0.2) is 4.39 Å². The molecule has 0 unspecified atom stereocenters. The van der Waals surface area contributed by atoms with E-state index in [1.807, 2.05) is 0 Å². The van der Waals surface area contributed by atoms with Gasteiger partial charge in [-0.1, -0.05) is 23.2 Å². The Hall–Kier alpha value is -0.790. The largest absolute Gasteiger partial charge is 0.489 e. The molecule has 1 rings (SSSR count). The van der Waals surface area contributed by atoms with Crippen LogP contribution in [0.25, 0.3) is 0 Å². The van der Waals surface area contributed by atoms with E-state index < -0.39 is 23.3 Å². The molecule has 0 N–H and O–H groups in total. The Morgan fingerprint density at radius 3 is 2.42 bits per heavy atom. The molecular weight excluding hydrogens is 331 g/mol. The van der Waals surface area contributed by atoms with Crippen LogP contribution in [-0.4, -0.2) is 6.61 Å². The zero-order valence-electron chi connectivity index (χ0n) is 8.97. The Balaban J connectivity index is 3.10. The third kappa shape index (κ3) is 4.67. The van der Waals surface area contributed by atoms with E-state index in [9.17, 15) is 17.6 Å². The summed E-state index contributed by atoms with van der Waals surface area (Å²) < 4.78 is 60.2. The van der Waals surface area contributed by atoms with Gasteiger partial charge in [-0.2, -0.15) is 13.2 Å². The van der Waals surface area contributed by atoms with Crippen LogP contribution in [0.1, 0.15) is 5.56 Å². The third-order valence-electron chi connectivity index (χ3n) is 1.90. The van der Waals surface area contributed by atoms with Crippen molar-refractivity contribution in [1.82, 2.24) is 0 Å². The molecule has 0 spiro atoms. The van der Waals surface area contributed by atoms with Crippen molar-refractivity contribution >= 4 is 36.1 Å². The zero-order chi connectivity index (χ0) is 14.6. The van der Waals surface area contributed by atoms with E-state index in [0.29, 0.717) is 6.07 Å². The molecule has 0 amide bonds. The summed E-state index contributed by atoms with van der Waals surface area (Å²) in [6.07, 6.45) is -3.62. The van der Waals surface area contributed by atoms with E-state index in [-0.39, 0.29) is 16.8 Å². The van der Waals surface area contributed by atoms with Gasteiger partial charge in [-0.05, 0) is 12.1 Å². The topological polar surface area (TPSA) is 18.5 Å². The lowest BCUT2D eigenvalue weighted by molar-refractivity contribution is -0.138. The summed E-state index contributed by atoms with van der Waals surface area (Å²) in [6.45, 7) is -0.208. The Labute approximate surface area is 121 Å². The second-order valence-electron chi connectivity index (χ2n) is 3.18. The highest BCUT2D eigenvalue weighted by Crippen LogP contribution is 2.40. The van der Waals surface area contributed by atoms with Crippen LogP contribution in [0.5, 0.6) is 11.5 Å². The van der Waals surface area contributed by atoms with Gasteiger partial charge in [0.1, 0.15) is 22.4 Å². The van der Waals surface area contributed by atoms with Crippen LogP contribution in [0, 0.1) is 5.82 Å². The van der Waals surface area contributed by atoms with Crippen LogP contribution in [-0.2, 0) is 6.18 Å². The fraction of sp³-hybridized carbons (Fsp3) is 0.200. The standard InChI is InChI=1S/C10H6Cl2F4O2S/c11-8(12)1-2-17-5-3-6(10(14,15)16)9(18-19)7(13)4-5/h1,3-4,19H,2H2. The molecule has 1 aromatic carbocycles. The molecule has 0 aliphatic heterocycles. The molecule has 1 aromatic rings. The van der Waals surface area contributed by atoms with Crippen LogP contribution >= 0.6 is 36.1 Å². The van der Waals surface area contributed by atoms with Crippen molar-refractivity contribution in [1.29, 1.82) is 0 Å². The Morgan fingerprint density at radius 1 is 1.32 bits per heavy atom. The second kappa shape index (κ2) is 6.58. The number of hydrogen-bond donors (Lipinski definition) is 1.